The molecule has 2 saturated carbocycles. The number of nitrogen functional groups attached to an aromatic ring is 1. The Kier molecular flexibility index (Phi) is 2.62. The molecule has 2 N–H and O–H groups in total. The summed E-state index contributed by atoms with van der Waals surface area (Å²) in [4.78, 5) is 9.16. The van der Waals surface area contributed by atoms with Crippen LogP contribution in [0.3, 0.4) is 0 Å². The summed E-state index contributed by atoms with van der Waals surface area (Å²) < 4.78 is 4.51. The van der Waals surface area contributed by atoms with E-state index in [1.165, 1.54) is 25.7 Å². The molecule has 5 heteroatoms. The fourth-order valence-corrected chi connectivity index (χ4v) is 2.95. The SMILES string of the molecule is CCCc1nc(-c2cncn2C2CC2)c(N)n1C1CC1. The fourth-order valence-electron chi connectivity index (χ4n) is 2.95. The summed E-state index contributed by atoms with van der Waals surface area (Å²) in [7, 11) is 0. The van der Waals surface area contributed by atoms with Gasteiger partial charge in [-0.15, -0.1) is 0 Å². The van der Waals surface area contributed by atoms with Crippen LogP contribution in [0.5, 0.6) is 0 Å². The Morgan fingerprint density at radius 2 is 2.00 bits per heavy atom. The molecule has 0 atom stereocenters. The van der Waals surface area contributed by atoms with Crippen molar-refractivity contribution in [1.29, 1.82) is 0 Å². The molecular weight excluding hydrogens is 250 g/mol. The van der Waals surface area contributed by atoms with E-state index in [1.54, 1.807) is 0 Å². The van der Waals surface area contributed by atoms with Crippen LogP contribution in [0.25, 0.3) is 11.4 Å². The Labute approximate surface area is 118 Å². The smallest absolute Gasteiger partial charge is 0.133 e. The molecular formula is C15H21N5. The van der Waals surface area contributed by atoms with E-state index >= 15 is 0 Å². The molecule has 0 spiro atoms. The molecule has 2 aromatic rings. The normalized spacial score (nSPS) is 18.6. The molecule has 4 rings (SSSR count). The zero-order valence-electron chi connectivity index (χ0n) is 11.9. The third-order valence-corrected chi connectivity index (χ3v) is 4.26. The third-order valence-electron chi connectivity index (χ3n) is 4.26. The summed E-state index contributed by atoms with van der Waals surface area (Å²) in [5.41, 5.74) is 8.44. The lowest BCUT2D eigenvalue weighted by Gasteiger charge is -2.08. The summed E-state index contributed by atoms with van der Waals surface area (Å²) in [6.45, 7) is 2.19. The molecule has 2 aliphatic carbocycles. The molecule has 0 bridgehead atoms. The lowest BCUT2D eigenvalue weighted by molar-refractivity contribution is 0.676. The predicted molar refractivity (Wildman–Crippen MR) is 78.4 cm³/mol. The standard InChI is InChI=1S/C15H21N5/c1-2-3-13-18-14(15(16)20(13)11-6-7-11)12-8-17-9-19(12)10-4-5-10/h8-11H,2-7,16H2,1H3. The highest BCUT2D eigenvalue weighted by atomic mass is 15.2. The van der Waals surface area contributed by atoms with Crippen molar-refractivity contribution in [3.63, 3.8) is 0 Å². The lowest BCUT2D eigenvalue weighted by atomic mass is 10.3. The second-order valence-corrected chi connectivity index (χ2v) is 6.03. The predicted octanol–water partition coefficient (Wildman–Crippen LogP) is 2.95. The first-order valence-corrected chi connectivity index (χ1v) is 7.68. The Hall–Kier alpha value is -1.78. The van der Waals surface area contributed by atoms with Gasteiger partial charge in [0.25, 0.3) is 0 Å². The number of nitrogens with two attached hydrogens (primary N) is 1. The van der Waals surface area contributed by atoms with Gasteiger partial charge in [0.05, 0.1) is 18.2 Å². The van der Waals surface area contributed by atoms with E-state index in [9.17, 15) is 0 Å². The Bertz CT molecular complexity index is 631. The molecule has 2 aromatic heterocycles. The molecule has 0 aliphatic heterocycles. The van der Waals surface area contributed by atoms with Crippen LogP contribution < -0.4 is 5.73 Å². The van der Waals surface area contributed by atoms with E-state index in [1.807, 2.05) is 12.5 Å². The van der Waals surface area contributed by atoms with Crippen LogP contribution in [0.2, 0.25) is 0 Å². The zero-order chi connectivity index (χ0) is 13.7. The van der Waals surface area contributed by atoms with E-state index in [0.717, 1.165) is 35.9 Å². The van der Waals surface area contributed by atoms with E-state index in [4.69, 9.17) is 10.7 Å². The van der Waals surface area contributed by atoms with E-state index < -0.39 is 0 Å². The van der Waals surface area contributed by atoms with Gasteiger partial charge in [-0.1, -0.05) is 6.92 Å². The van der Waals surface area contributed by atoms with Crippen LogP contribution >= 0.6 is 0 Å². The Balaban J connectivity index is 1.80. The van der Waals surface area contributed by atoms with Crippen LogP contribution in [0, 0.1) is 0 Å². The molecule has 2 fully saturated rings. The summed E-state index contributed by atoms with van der Waals surface area (Å²) >= 11 is 0. The summed E-state index contributed by atoms with van der Waals surface area (Å²) in [5, 5.41) is 0. The molecule has 0 aromatic carbocycles. The maximum Gasteiger partial charge on any atom is 0.133 e. The van der Waals surface area contributed by atoms with Gasteiger partial charge in [-0.25, -0.2) is 9.97 Å². The number of aryl methyl sites for hydroxylation is 1. The first kappa shape index (κ1) is 12.0. The van der Waals surface area contributed by atoms with Crippen molar-refractivity contribution in [1.82, 2.24) is 19.1 Å². The summed E-state index contributed by atoms with van der Waals surface area (Å²) in [5.74, 6) is 1.98. The van der Waals surface area contributed by atoms with E-state index in [2.05, 4.69) is 21.0 Å². The topological polar surface area (TPSA) is 61.7 Å². The molecule has 0 amide bonds. The van der Waals surface area contributed by atoms with Crippen molar-refractivity contribution in [3.05, 3.63) is 18.3 Å². The monoisotopic (exact) mass is 271 g/mol. The zero-order valence-corrected chi connectivity index (χ0v) is 11.9. The highest BCUT2D eigenvalue weighted by molar-refractivity contribution is 5.68. The van der Waals surface area contributed by atoms with Gasteiger partial charge in [-0.2, -0.15) is 0 Å². The number of aromatic nitrogens is 4. The average molecular weight is 271 g/mol. The molecule has 106 valence electrons. The minimum Gasteiger partial charge on any atom is -0.383 e. The number of anilines is 1. The molecule has 2 heterocycles. The second kappa shape index (κ2) is 4.36. The van der Waals surface area contributed by atoms with Gasteiger partial charge >= 0.3 is 0 Å². The minimum absolute atomic E-state index is 0.579. The average Bonchev–Trinajstić information content (AvgIpc) is 3.36. The molecule has 0 radical (unpaired) electrons. The van der Waals surface area contributed by atoms with Gasteiger partial charge in [-0.3, -0.25) is 0 Å². The van der Waals surface area contributed by atoms with Crippen molar-refractivity contribution in [2.24, 2.45) is 0 Å². The molecule has 2 aliphatic rings. The van der Waals surface area contributed by atoms with Crippen LogP contribution in [-0.4, -0.2) is 19.1 Å². The molecule has 20 heavy (non-hydrogen) atoms. The lowest BCUT2D eigenvalue weighted by Crippen LogP contribution is -2.05. The summed E-state index contributed by atoms with van der Waals surface area (Å²) in [6.07, 6.45) is 10.9. The number of nitrogens with zero attached hydrogens (tertiary/aromatic N) is 4. The minimum atomic E-state index is 0.579. The van der Waals surface area contributed by atoms with Crippen LogP contribution in [-0.2, 0) is 6.42 Å². The van der Waals surface area contributed by atoms with Crippen molar-refractivity contribution < 1.29 is 0 Å². The highest BCUT2D eigenvalue weighted by Crippen LogP contribution is 2.43. The first-order chi connectivity index (χ1) is 9.79. The van der Waals surface area contributed by atoms with Gasteiger partial charge in [0.1, 0.15) is 17.3 Å². The van der Waals surface area contributed by atoms with Gasteiger partial charge in [-0.05, 0) is 32.1 Å². The van der Waals surface area contributed by atoms with Crippen molar-refractivity contribution in [2.75, 3.05) is 5.73 Å². The van der Waals surface area contributed by atoms with Crippen molar-refractivity contribution in [2.45, 2.75) is 57.5 Å². The van der Waals surface area contributed by atoms with Gasteiger partial charge in [0.15, 0.2) is 0 Å². The number of hydrogen-bond acceptors (Lipinski definition) is 3. The number of imidazole rings is 2. The molecule has 5 nitrogen and oxygen atoms in total. The van der Waals surface area contributed by atoms with E-state index in [-0.39, 0.29) is 0 Å². The number of hydrogen-bond donors (Lipinski definition) is 1. The van der Waals surface area contributed by atoms with Crippen molar-refractivity contribution in [3.8, 4) is 11.4 Å². The second-order valence-electron chi connectivity index (χ2n) is 6.03. The first-order valence-electron chi connectivity index (χ1n) is 7.68. The highest BCUT2D eigenvalue weighted by Gasteiger charge is 2.32. The van der Waals surface area contributed by atoms with Crippen LogP contribution in [0.15, 0.2) is 12.5 Å². The molecule has 0 unspecified atom stereocenters. The Morgan fingerprint density at radius 3 is 2.65 bits per heavy atom. The van der Waals surface area contributed by atoms with Gasteiger partial charge < -0.3 is 14.9 Å². The van der Waals surface area contributed by atoms with Crippen LogP contribution in [0.4, 0.5) is 5.82 Å². The largest absolute Gasteiger partial charge is 0.383 e. The maximum atomic E-state index is 6.42. The number of rotatable bonds is 5. The quantitative estimate of drug-likeness (QED) is 0.909. The maximum absolute atomic E-state index is 6.42. The third kappa shape index (κ3) is 1.84. The summed E-state index contributed by atoms with van der Waals surface area (Å²) in [6, 6.07) is 1.18. The molecule has 0 saturated heterocycles. The fraction of sp³-hybridized carbons (Fsp3) is 0.600. The van der Waals surface area contributed by atoms with Crippen molar-refractivity contribution >= 4 is 5.82 Å². The van der Waals surface area contributed by atoms with Gasteiger partial charge in [0.2, 0.25) is 0 Å². The van der Waals surface area contributed by atoms with Gasteiger partial charge in [0, 0.05) is 18.5 Å². The Morgan fingerprint density at radius 1 is 1.25 bits per heavy atom. The van der Waals surface area contributed by atoms with Crippen LogP contribution in [0.1, 0.15) is 56.9 Å². The van der Waals surface area contributed by atoms with E-state index in [0.29, 0.717) is 12.1 Å².